The molecule has 1 rings (SSSR count). The minimum Gasteiger partial charge on any atom is -0.444 e. The number of rotatable bonds is 7. The highest BCUT2D eigenvalue weighted by Crippen LogP contribution is 2.19. The molecule has 0 spiro atoms. The number of carbonyl (C=O) groups is 1. The standard InChI is InChI=1S/C18H37N3O2/c1-7-16(20-17(22)23-18(4,5)6)12-19-14(3)15-10-9-11-21(8-2)13-15/h14-16,19H,7-13H2,1-6H3,(H,20,22). The first-order valence-electron chi connectivity index (χ1n) is 9.20. The molecule has 0 saturated carbocycles. The van der Waals surface area contributed by atoms with Crippen LogP contribution in [0.3, 0.4) is 0 Å². The van der Waals surface area contributed by atoms with Crippen LogP contribution >= 0.6 is 0 Å². The quantitative estimate of drug-likeness (QED) is 0.755. The molecule has 1 aliphatic rings. The van der Waals surface area contributed by atoms with Gasteiger partial charge in [-0.1, -0.05) is 13.8 Å². The van der Waals surface area contributed by atoms with Crippen molar-refractivity contribution in [3.8, 4) is 0 Å². The third-order valence-electron chi connectivity index (χ3n) is 4.60. The Hall–Kier alpha value is -0.810. The van der Waals surface area contributed by atoms with Gasteiger partial charge in [0, 0.05) is 25.2 Å². The van der Waals surface area contributed by atoms with Crippen LogP contribution in [0.4, 0.5) is 4.79 Å². The molecule has 0 bridgehead atoms. The highest BCUT2D eigenvalue weighted by molar-refractivity contribution is 5.68. The van der Waals surface area contributed by atoms with Crippen molar-refractivity contribution < 1.29 is 9.53 Å². The van der Waals surface area contributed by atoms with Crippen molar-refractivity contribution in [1.29, 1.82) is 0 Å². The lowest BCUT2D eigenvalue weighted by molar-refractivity contribution is 0.0500. The SMILES string of the molecule is CCC(CNC(C)C1CCCN(CC)C1)NC(=O)OC(C)(C)C. The largest absolute Gasteiger partial charge is 0.444 e. The van der Waals surface area contributed by atoms with Crippen molar-refractivity contribution in [3.63, 3.8) is 0 Å². The number of amides is 1. The zero-order chi connectivity index (χ0) is 17.5. The maximum Gasteiger partial charge on any atom is 0.407 e. The Balaban J connectivity index is 2.36. The van der Waals surface area contributed by atoms with Gasteiger partial charge in [0.25, 0.3) is 0 Å². The number of carbonyl (C=O) groups excluding carboxylic acids is 1. The molecule has 1 aliphatic heterocycles. The molecule has 1 amide bonds. The van der Waals surface area contributed by atoms with Crippen molar-refractivity contribution in [1.82, 2.24) is 15.5 Å². The normalized spacial score (nSPS) is 22.4. The Labute approximate surface area is 142 Å². The number of piperidine rings is 1. The third-order valence-corrected chi connectivity index (χ3v) is 4.60. The molecule has 23 heavy (non-hydrogen) atoms. The van der Waals surface area contributed by atoms with E-state index in [1.807, 2.05) is 20.8 Å². The van der Waals surface area contributed by atoms with Crippen molar-refractivity contribution >= 4 is 6.09 Å². The summed E-state index contributed by atoms with van der Waals surface area (Å²) in [6.45, 7) is 16.6. The lowest BCUT2D eigenvalue weighted by Crippen LogP contribution is -2.49. The van der Waals surface area contributed by atoms with Crippen LogP contribution in [0.2, 0.25) is 0 Å². The maximum absolute atomic E-state index is 11.9. The first kappa shape index (κ1) is 20.2. The van der Waals surface area contributed by atoms with Gasteiger partial charge in [-0.05, 0) is 66.0 Å². The summed E-state index contributed by atoms with van der Waals surface area (Å²) >= 11 is 0. The predicted octanol–water partition coefficient (Wildman–Crippen LogP) is 3.00. The van der Waals surface area contributed by atoms with E-state index < -0.39 is 5.60 Å². The van der Waals surface area contributed by atoms with Crippen molar-refractivity contribution in [2.24, 2.45) is 5.92 Å². The summed E-state index contributed by atoms with van der Waals surface area (Å²) in [6, 6.07) is 0.581. The summed E-state index contributed by atoms with van der Waals surface area (Å²) in [5.74, 6) is 0.697. The van der Waals surface area contributed by atoms with E-state index in [0.717, 1.165) is 19.5 Å². The van der Waals surface area contributed by atoms with Gasteiger partial charge >= 0.3 is 6.09 Å². The lowest BCUT2D eigenvalue weighted by atomic mass is 9.91. The zero-order valence-corrected chi connectivity index (χ0v) is 15.9. The molecule has 3 unspecified atom stereocenters. The number of nitrogens with one attached hydrogen (secondary N) is 2. The number of likely N-dealkylation sites (tertiary alicyclic amines) is 1. The molecule has 136 valence electrons. The molecule has 1 heterocycles. The van der Waals surface area contributed by atoms with Gasteiger partial charge in [-0.2, -0.15) is 0 Å². The fourth-order valence-electron chi connectivity index (χ4n) is 3.05. The molecule has 0 aromatic heterocycles. The average Bonchev–Trinajstić information content (AvgIpc) is 2.49. The second-order valence-electron chi connectivity index (χ2n) is 7.74. The van der Waals surface area contributed by atoms with Gasteiger partial charge in [0.05, 0.1) is 0 Å². The summed E-state index contributed by atoms with van der Waals surface area (Å²) in [6.07, 6.45) is 3.15. The van der Waals surface area contributed by atoms with Gasteiger partial charge in [0.1, 0.15) is 5.60 Å². The van der Waals surface area contributed by atoms with Crippen LogP contribution in [-0.2, 0) is 4.74 Å². The number of nitrogens with zero attached hydrogens (tertiary/aromatic N) is 1. The van der Waals surface area contributed by atoms with E-state index >= 15 is 0 Å². The lowest BCUT2D eigenvalue weighted by Gasteiger charge is -2.36. The van der Waals surface area contributed by atoms with Crippen LogP contribution in [0.5, 0.6) is 0 Å². The predicted molar refractivity (Wildman–Crippen MR) is 95.8 cm³/mol. The van der Waals surface area contributed by atoms with Crippen LogP contribution in [0.1, 0.15) is 60.8 Å². The van der Waals surface area contributed by atoms with E-state index in [2.05, 4.69) is 36.3 Å². The number of hydrogen-bond acceptors (Lipinski definition) is 4. The zero-order valence-electron chi connectivity index (χ0n) is 15.9. The molecule has 0 aromatic rings. The van der Waals surface area contributed by atoms with E-state index in [9.17, 15) is 4.79 Å². The Kier molecular flexibility index (Phi) is 8.34. The van der Waals surface area contributed by atoms with E-state index in [-0.39, 0.29) is 12.1 Å². The third kappa shape index (κ3) is 8.02. The smallest absolute Gasteiger partial charge is 0.407 e. The topological polar surface area (TPSA) is 53.6 Å². The molecule has 3 atom stereocenters. The van der Waals surface area contributed by atoms with E-state index in [1.54, 1.807) is 0 Å². The molecule has 1 fully saturated rings. The maximum atomic E-state index is 11.9. The van der Waals surface area contributed by atoms with Crippen molar-refractivity contribution in [3.05, 3.63) is 0 Å². The Morgan fingerprint density at radius 3 is 2.61 bits per heavy atom. The van der Waals surface area contributed by atoms with E-state index in [4.69, 9.17) is 4.74 Å². The number of alkyl carbamates (subject to hydrolysis) is 1. The van der Waals surface area contributed by atoms with Crippen LogP contribution < -0.4 is 10.6 Å². The molecule has 0 aromatic carbocycles. The van der Waals surface area contributed by atoms with Crippen LogP contribution in [-0.4, -0.2) is 54.9 Å². The monoisotopic (exact) mass is 327 g/mol. The van der Waals surface area contributed by atoms with Crippen molar-refractivity contribution in [2.75, 3.05) is 26.2 Å². The fourth-order valence-corrected chi connectivity index (χ4v) is 3.05. The van der Waals surface area contributed by atoms with E-state index in [1.165, 1.54) is 25.9 Å². The number of ether oxygens (including phenoxy) is 1. The molecule has 0 aliphatic carbocycles. The fraction of sp³-hybridized carbons (Fsp3) is 0.944. The summed E-state index contributed by atoms with van der Waals surface area (Å²) in [7, 11) is 0. The first-order chi connectivity index (χ1) is 10.7. The Bertz CT molecular complexity index is 355. The van der Waals surface area contributed by atoms with Crippen LogP contribution in [0, 0.1) is 5.92 Å². The highest BCUT2D eigenvalue weighted by atomic mass is 16.6. The minimum atomic E-state index is -0.450. The molecular weight excluding hydrogens is 290 g/mol. The average molecular weight is 328 g/mol. The molecule has 5 heteroatoms. The van der Waals surface area contributed by atoms with Gasteiger partial charge in [-0.15, -0.1) is 0 Å². The Morgan fingerprint density at radius 1 is 1.35 bits per heavy atom. The highest BCUT2D eigenvalue weighted by Gasteiger charge is 2.24. The van der Waals surface area contributed by atoms with Gasteiger partial charge in [0.2, 0.25) is 0 Å². The van der Waals surface area contributed by atoms with Crippen LogP contribution in [0.15, 0.2) is 0 Å². The summed E-state index contributed by atoms with van der Waals surface area (Å²) in [5.41, 5.74) is -0.450. The first-order valence-corrected chi connectivity index (χ1v) is 9.20. The summed E-state index contributed by atoms with van der Waals surface area (Å²) in [5, 5.41) is 6.59. The Morgan fingerprint density at radius 2 is 2.04 bits per heavy atom. The van der Waals surface area contributed by atoms with Gasteiger partial charge in [-0.25, -0.2) is 4.79 Å². The number of hydrogen-bond donors (Lipinski definition) is 2. The molecular formula is C18H37N3O2. The molecule has 0 radical (unpaired) electrons. The van der Waals surface area contributed by atoms with Gasteiger partial charge < -0.3 is 20.3 Å². The second-order valence-corrected chi connectivity index (χ2v) is 7.74. The summed E-state index contributed by atoms with van der Waals surface area (Å²) in [4.78, 5) is 14.4. The van der Waals surface area contributed by atoms with E-state index in [0.29, 0.717) is 12.0 Å². The van der Waals surface area contributed by atoms with Gasteiger partial charge in [-0.3, -0.25) is 0 Å². The van der Waals surface area contributed by atoms with Crippen molar-refractivity contribution in [2.45, 2.75) is 78.5 Å². The van der Waals surface area contributed by atoms with Gasteiger partial charge in [0.15, 0.2) is 0 Å². The molecule has 1 saturated heterocycles. The minimum absolute atomic E-state index is 0.109. The summed E-state index contributed by atoms with van der Waals surface area (Å²) < 4.78 is 5.34. The second kappa shape index (κ2) is 9.48. The molecule has 5 nitrogen and oxygen atoms in total. The molecule has 2 N–H and O–H groups in total. The van der Waals surface area contributed by atoms with Crippen LogP contribution in [0.25, 0.3) is 0 Å².